The maximum absolute atomic E-state index is 11.2. The van der Waals surface area contributed by atoms with Gasteiger partial charge in [-0.1, -0.05) is 26.7 Å². The van der Waals surface area contributed by atoms with Crippen molar-refractivity contribution >= 4 is 6.03 Å². The van der Waals surface area contributed by atoms with Crippen molar-refractivity contribution in [1.82, 2.24) is 10.2 Å². The van der Waals surface area contributed by atoms with Gasteiger partial charge >= 0.3 is 6.03 Å². The summed E-state index contributed by atoms with van der Waals surface area (Å²) < 4.78 is 0. The number of nitrogens with zero attached hydrogens (tertiary/aromatic N) is 1. The molecule has 1 aliphatic heterocycles. The van der Waals surface area contributed by atoms with Crippen LogP contribution in [0.3, 0.4) is 0 Å². The molecule has 2 unspecified atom stereocenters. The molecule has 76 valence electrons. The van der Waals surface area contributed by atoms with E-state index in [0.29, 0.717) is 12.1 Å². The molecule has 3 nitrogen and oxygen atoms in total. The van der Waals surface area contributed by atoms with Crippen LogP contribution in [0, 0.1) is 0 Å². The van der Waals surface area contributed by atoms with E-state index >= 15 is 0 Å². The number of nitrogens with one attached hydrogen (secondary N) is 1. The number of likely N-dealkylation sites (N-methyl/N-ethyl adjacent to an activating group) is 1. The SMILES string of the molecule is CC.CN1C(=O)NC2CCCCC21. The van der Waals surface area contributed by atoms with Crippen molar-refractivity contribution in [3.63, 3.8) is 0 Å². The number of carbonyl (C=O) groups is 1. The Morgan fingerprint density at radius 1 is 1.31 bits per heavy atom. The van der Waals surface area contributed by atoms with Gasteiger partial charge in [-0.05, 0) is 12.8 Å². The van der Waals surface area contributed by atoms with Gasteiger partial charge < -0.3 is 10.2 Å². The number of rotatable bonds is 0. The van der Waals surface area contributed by atoms with Crippen molar-refractivity contribution in [2.24, 2.45) is 0 Å². The molecule has 2 aliphatic rings. The van der Waals surface area contributed by atoms with Crippen molar-refractivity contribution in [1.29, 1.82) is 0 Å². The lowest BCUT2D eigenvalue weighted by Gasteiger charge is -2.27. The van der Waals surface area contributed by atoms with E-state index < -0.39 is 0 Å². The first-order valence-corrected chi connectivity index (χ1v) is 5.32. The molecule has 1 saturated carbocycles. The van der Waals surface area contributed by atoms with Crippen molar-refractivity contribution in [3.05, 3.63) is 0 Å². The molecule has 1 N–H and O–H groups in total. The lowest BCUT2D eigenvalue weighted by molar-refractivity contribution is 0.208. The summed E-state index contributed by atoms with van der Waals surface area (Å²) in [6.07, 6.45) is 4.90. The van der Waals surface area contributed by atoms with Crippen LogP contribution in [-0.4, -0.2) is 30.1 Å². The molecule has 2 amide bonds. The third-order valence-electron chi connectivity index (χ3n) is 2.86. The number of urea groups is 1. The first-order chi connectivity index (χ1) is 6.29. The predicted molar refractivity (Wildman–Crippen MR) is 53.7 cm³/mol. The summed E-state index contributed by atoms with van der Waals surface area (Å²) in [7, 11) is 1.89. The molecule has 2 fully saturated rings. The Labute approximate surface area is 80.5 Å². The van der Waals surface area contributed by atoms with Gasteiger partial charge in [-0.25, -0.2) is 4.79 Å². The topological polar surface area (TPSA) is 32.3 Å². The lowest BCUT2D eigenvalue weighted by Crippen LogP contribution is -2.36. The van der Waals surface area contributed by atoms with E-state index in [1.165, 1.54) is 25.7 Å². The second-order valence-electron chi connectivity index (χ2n) is 3.52. The van der Waals surface area contributed by atoms with Gasteiger partial charge in [0.2, 0.25) is 0 Å². The summed E-state index contributed by atoms with van der Waals surface area (Å²) in [6.45, 7) is 4.00. The quantitative estimate of drug-likeness (QED) is 0.613. The zero-order valence-corrected chi connectivity index (χ0v) is 8.84. The van der Waals surface area contributed by atoms with E-state index in [1.807, 2.05) is 25.8 Å². The van der Waals surface area contributed by atoms with Gasteiger partial charge in [0.15, 0.2) is 0 Å². The lowest BCUT2D eigenvalue weighted by atomic mass is 9.91. The summed E-state index contributed by atoms with van der Waals surface area (Å²) in [4.78, 5) is 13.0. The second-order valence-corrected chi connectivity index (χ2v) is 3.52. The first-order valence-electron chi connectivity index (χ1n) is 5.32. The fourth-order valence-corrected chi connectivity index (χ4v) is 2.15. The van der Waals surface area contributed by atoms with Crippen molar-refractivity contribution in [2.45, 2.75) is 51.6 Å². The predicted octanol–water partition coefficient (Wildman–Crippen LogP) is 1.98. The first kappa shape index (κ1) is 10.4. The number of hydrogen-bond donors (Lipinski definition) is 1. The zero-order valence-electron chi connectivity index (χ0n) is 8.84. The fourth-order valence-electron chi connectivity index (χ4n) is 2.15. The van der Waals surface area contributed by atoms with Gasteiger partial charge in [-0.15, -0.1) is 0 Å². The van der Waals surface area contributed by atoms with Crippen LogP contribution in [0.5, 0.6) is 0 Å². The highest BCUT2D eigenvalue weighted by atomic mass is 16.2. The minimum absolute atomic E-state index is 0.113. The largest absolute Gasteiger partial charge is 0.333 e. The molecule has 0 spiro atoms. The Morgan fingerprint density at radius 2 is 1.92 bits per heavy atom. The van der Waals surface area contributed by atoms with Crippen LogP contribution in [0.15, 0.2) is 0 Å². The van der Waals surface area contributed by atoms with Gasteiger partial charge in [0.1, 0.15) is 0 Å². The number of amides is 2. The van der Waals surface area contributed by atoms with Crippen LogP contribution in [0.25, 0.3) is 0 Å². The highest BCUT2D eigenvalue weighted by Gasteiger charge is 2.37. The molecule has 1 heterocycles. The van der Waals surface area contributed by atoms with Crippen molar-refractivity contribution in [3.8, 4) is 0 Å². The fraction of sp³-hybridized carbons (Fsp3) is 0.900. The molecular weight excluding hydrogens is 164 g/mol. The second kappa shape index (κ2) is 4.49. The molecule has 1 aliphatic carbocycles. The maximum Gasteiger partial charge on any atom is 0.317 e. The van der Waals surface area contributed by atoms with Crippen LogP contribution >= 0.6 is 0 Å². The Bertz CT molecular complexity index is 182. The van der Waals surface area contributed by atoms with Gasteiger partial charge in [0, 0.05) is 7.05 Å². The van der Waals surface area contributed by atoms with Gasteiger partial charge in [-0.2, -0.15) is 0 Å². The Kier molecular flexibility index (Phi) is 3.58. The van der Waals surface area contributed by atoms with E-state index in [1.54, 1.807) is 0 Å². The van der Waals surface area contributed by atoms with Crippen LogP contribution in [0.1, 0.15) is 39.5 Å². The molecule has 0 bridgehead atoms. The molecule has 2 rings (SSSR count). The average molecular weight is 184 g/mol. The molecule has 3 heteroatoms. The van der Waals surface area contributed by atoms with E-state index in [9.17, 15) is 4.79 Å². The highest BCUT2D eigenvalue weighted by Crippen LogP contribution is 2.26. The van der Waals surface area contributed by atoms with Crippen LogP contribution < -0.4 is 5.32 Å². The van der Waals surface area contributed by atoms with Crippen molar-refractivity contribution in [2.75, 3.05) is 7.05 Å². The highest BCUT2D eigenvalue weighted by molar-refractivity contribution is 5.77. The van der Waals surface area contributed by atoms with Crippen LogP contribution in [0.2, 0.25) is 0 Å². The number of fused-ring (bicyclic) bond motifs is 1. The standard InChI is InChI=1S/C8H14N2O.C2H6/c1-10-7-5-3-2-4-6(7)9-8(10)11;1-2/h6-7H,2-5H2,1H3,(H,9,11);1-2H3. The zero-order chi connectivity index (χ0) is 9.84. The molecule has 0 aromatic heterocycles. The van der Waals surface area contributed by atoms with E-state index in [2.05, 4.69) is 5.32 Å². The van der Waals surface area contributed by atoms with Crippen LogP contribution in [0.4, 0.5) is 4.79 Å². The molecular formula is C10H20N2O. The minimum Gasteiger partial charge on any atom is -0.333 e. The van der Waals surface area contributed by atoms with E-state index in [0.717, 1.165) is 0 Å². The molecule has 0 aromatic carbocycles. The molecule has 1 saturated heterocycles. The number of carbonyl (C=O) groups excluding carboxylic acids is 1. The maximum atomic E-state index is 11.2. The van der Waals surface area contributed by atoms with Gasteiger partial charge in [0.05, 0.1) is 12.1 Å². The van der Waals surface area contributed by atoms with Gasteiger partial charge in [0.25, 0.3) is 0 Å². The summed E-state index contributed by atoms with van der Waals surface area (Å²) in [6, 6.07) is 1.04. The summed E-state index contributed by atoms with van der Waals surface area (Å²) in [5.74, 6) is 0. The molecule has 2 atom stereocenters. The molecule has 0 radical (unpaired) electrons. The normalized spacial score (nSPS) is 31.6. The molecule has 13 heavy (non-hydrogen) atoms. The van der Waals surface area contributed by atoms with Crippen LogP contribution in [-0.2, 0) is 0 Å². The Hall–Kier alpha value is -0.730. The number of hydrogen-bond acceptors (Lipinski definition) is 1. The van der Waals surface area contributed by atoms with E-state index in [-0.39, 0.29) is 6.03 Å². The Morgan fingerprint density at radius 3 is 2.54 bits per heavy atom. The van der Waals surface area contributed by atoms with E-state index in [4.69, 9.17) is 0 Å². The summed E-state index contributed by atoms with van der Waals surface area (Å²) in [5, 5.41) is 2.99. The Balaban J connectivity index is 0.000000396. The van der Waals surface area contributed by atoms with Gasteiger partial charge in [-0.3, -0.25) is 0 Å². The third kappa shape index (κ3) is 1.95. The molecule has 0 aromatic rings. The monoisotopic (exact) mass is 184 g/mol. The smallest absolute Gasteiger partial charge is 0.317 e. The summed E-state index contributed by atoms with van der Waals surface area (Å²) in [5.41, 5.74) is 0. The minimum atomic E-state index is 0.113. The van der Waals surface area contributed by atoms with Crippen molar-refractivity contribution < 1.29 is 4.79 Å². The summed E-state index contributed by atoms with van der Waals surface area (Å²) >= 11 is 0. The third-order valence-corrected chi connectivity index (χ3v) is 2.86. The average Bonchev–Trinajstić information content (AvgIpc) is 2.47.